The molecule has 2 aromatic carbocycles. The Morgan fingerprint density at radius 3 is 2.70 bits per heavy atom. The first kappa shape index (κ1) is 17.1. The van der Waals surface area contributed by atoms with Gasteiger partial charge in [0.1, 0.15) is 5.75 Å². The smallest absolute Gasteiger partial charge is 0.262 e. The van der Waals surface area contributed by atoms with Crippen LogP contribution >= 0.6 is 11.8 Å². The second-order valence-corrected chi connectivity index (χ2v) is 6.89. The first-order valence-electron chi connectivity index (χ1n) is 8.27. The fourth-order valence-electron chi connectivity index (χ4n) is 2.82. The van der Waals surface area contributed by atoms with E-state index in [1.165, 1.54) is 16.3 Å². The van der Waals surface area contributed by atoms with Gasteiger partial charge < -0.3 is 4.74 Å². The Bertz CT molecular complexity index is 1220. The van der Waals surface area contributed by atoms with E-state index in [0.29, 0.717) is 40.0 Å². The fourth-order valence-corrected chi connectivity index (χ4v) is 3.58. The summed E-state index contributed by atoms with van der Waals surface area (Å²) in [6, 6.07) is 16.5. The molecule has 0 aliphatic rings. The Morgan fingerprint density at radius 2 is 1.93 bits per heavy atom. The molecule has 0 atom stereocenters. The molecule has 0 saturated carbocycles. The molecular formula is C19H15N5O2S. The molecule has 4 aromatic rings. The zero-order chi connectivity index (χ0) is 18.8. The number of nitriles is 1. The first-order valence-corrected chi connectivity index (χ1v) is 9.26. The van der Waals surface area contributed by atoms with Gasteiger partial charge in [-0.1, -0.05) is 23.9 Å². The normalized spacial score (nSPS) is 11.0. The van der Waals surface area contributed by atoms with Gasteiger partial charge in [-0.2, -0.15) is 5.26 Å². The Labute approximate surface area is 158 Å². The maximum atomic E-state index is 12.4. The van der Waals surface area contributed by atoms with Gasteiger partial charge in [0.2, 0.25) is 5.78 Å². The van der Waals surface area contributed by atoms with E-state index in [0.717, 1.165) is 5.52 Å². The van der Waals surface area contributed by atoms with Crippen LogP contribution < -0.4 is 10.3 Å². The van der Waals surface area contributed by atoms with Crippen molar-refractivity contribution in [1.82, 2.24) is 19.2 Å². The minimum Gasteiger partial charge on any atom is -0.493 e. The monoisotopic (exact) mass is 377 g/mol. The summed E-state index contributed by atoms with van der Waals surface area (Å²) in [5.41, 5.74) is 1.30. The fraction of sp³-hybridized carbons (Fsp3) is 0.158. The zero-order valence-corrected chi connectivity index (χ0v) is 15.3. The van der Waals surface area contributed by atoms with Gasteiger partial charge >= 0.3 is 0 Å². The van der Waals surface area contributed by atoms with Crippen LogP contribution in [0.1, 0.15) is 5.56 Å². The number of aryl methyl sites for hydroxylation is 1. The van der Waals surface area contributed by atoms with Crippen LogP contribution in [0.2, 0.25) is 0 Å². The number of hydrogen-bond donors (Lipinski definition) is 0. The van der Waals surface area contributed by atoms with Gasteiger partial charge in [0.15, 0.2) is 5.16 Å². The summed E-state index contributed by atoms with van der Waals surface area (Å²) >= 11 is 1.51. The molecule has 0 spiro atoms. The number of para-hydroxylation sites is 1. The molecule has 7 nitrogen and oxygen atoms in total. The van der Waals surface area contributed by atoms with E-state index in [2.05, 4.69) is 16.3 Å². The summed E-state index contributed by atoms with van der Waals surface area (Å²) in [6.07, 6.45) is 0. The van der Waals surface area contributed by atoms with Crippen molar-refractivity contribution in [3.8, 4) is 11.8 Å². The van der Waals surface area contributed by atoms with Crippen LogP contribution in [0.3, 0.4) is 0 Å². The third-order valence-corrected chi connectivity index (χ3v) is 5.06. The van der Waals surface area contributed by atoms with E-state index < -0.39 is 0 Å². The molecule has 0 aliphatic carbocycles. The van der Waals surface area contributed by atoms with Crippen LogP contribution in [0.15, 0.2) is 58.5 Å². The second kappa shape index (κ2) is 7.13. The highest BCUT2D eigenvalue weighted by atomic mass is 32.2. The summed E-state index contributed by atoms with van der Waals surface area (Å²) in [6.45, 7) is 0.481. The van der Waals surface area contributed by atoms with Gasteiger partial charge in [0, 0.05) is 12.8 Å². The van der Waals surface area contributed by atoms with Gasteiger partial charge in [-0.15, -0.1) is 10.2 Å². The molecule has 8 heteroatoms. The number of nitrogens with zero attached hydrogens (tertiary/aromatic N) is 5. The molecule has 0 N–H and O–H groups in total. The summed E-state index contributed by atoms with van der Waals surface area (Å²) in [5, 5.41) is 18.6. The van der Waals surface area contributed by atoms with E-state index in [4.69, 9.17) is 10.00 Å². The Balaban J connectivity index is 1.54. The molecule has 0 radical (unpaired) electrons. The summed E-state index contributed by atoms with van der Waals surface area (Å²) in [4.78, 5) is 12.4. The van der Waals surface area contributed by atoms with Crippen LogP contribution in [-0.4, -0.2) is 31.5 Å². The molecule has 0 unspecified atom stereocenters. The molecular weight excluding hydrogens is 362 g/mol. The summed E-state index contributed by atoms with van der Waals surface area (Å²) in [7, 11) is 1.70. The lowest BCUT2D eigenvalue weighted by Crippen LogP contribution is -2.20. The molecule has 0 amide bonds. The Kier molecular flexibility index (Phi) is 4.52. The number of benzene rings is 2. The summed E-state index contributed by atoms with van der Waals surface area (Å²) < 4.78 is 9.10. The Morgan fingerprint density at radius 1 is 1.15 bits per heavy atom. The average molecular weight is 377 g/mol. The van der Waals surface area contributed by atoms with Crippen molar-refractivity contribution >= 4 is 28.4 Å². The lowest BCUT2D eigenvalue weighted by molar-refractivity contribution is 0.344. The maximum absolute atomic E-state index is 12.4. The summed E-state index contributed by atoms with van der Waals surface area (Å²) in [5.74, 6) is 1.89. The van der Waals surface area contributed by atoms with E-state index in [1.54, 1.807) is 37.4 Å². The molecule has 4 rings (SSSR count). The number of hydrogen-bond acceptors (Lipinski definition) is 6. The van der Waals surface area contributed by atoms with E-state index in [9.17, 15) is 4.79 Å². The zero-order valence-electron chi connectivity index (χ0n) is 14.5. The van der Waals surface area contributed by atoms with Gasteiger partial charge in [-0.3, -0.25) is 13.8 Å². The van der Waals surface area contributed by atoms with Gasteiger partial charge in [-0.25, -0.2) is 0 Å². The third-order valence-electron chi connectivity index (χ3n) is 4.16. The first-order chi connectivity index (χ1) is 13.2. The standard InChI is InChI=1S/C19H15N5O2S/c1-23-17(25)15-4-2-3-5-16(15)24-18(23)21-22-19(24)27-11-10-26-14-8-6-13(12-20)7-9-14/h2-9H,10-11H2,1H3. The number of ether oxygens (including phenoxy) is 1. The lowest BCUT2D eigenvalue weighted by atomic mass is 10.2. The molecule has 0 aliphatic heterocycles. The van der Waals surface area contributed by atoms with Crippen molar-refractivity contribution in [3.05, 3.63) is 64.4 Å². The van der Waals surface area contributed by atoms with Crippen molar-refractivity contribution < 1.29 is 4.74 Å². The van der Waals surface area contributed by atoms with Crippen LogP contribution in [0.4, 0.5) is 0 Å². The minimum atomic E-state index is -0.0915. The molecule has 2 aromatic heterocycles. The third kappa shape index (κ3) is 3.13. The van der Waals surface area contributed by atoms with Crippen molar-refractivity contribution in [2.24, 2.45) is 7.05 Å². The number of rotatable bonds is 5. The van der Waals surface area contributed by atoms with Gasteiger partial charge in [0.05, 0.1) is 29.1 Å². The van der Waals surface area contributed by atoms with Crippen LogP contribution in [0.5, 0.6) is 5.75 Å². The predicted octanol–water partition coefficient (Wildman–Crippen LogP) is 2.62. The highest BCUT2D eigenvalue weighted by Crippen LogP contribution is 2.21. The lowest BCUT2D eigenvalue weighted by Gasteiger charge is -2.08. The average Bonchev–Trinajstić information content (AvgIpc) is 3.14. The highest BCUT2D eigenvalue weighted by molar-refractivity contribution is 7.99. The van der Waals surface area contributed by atoms with Gasteiger partial charge in [-0.05, 0) is 36.4 Å². The highest BCUT2D eigenvalue weighted by Gasteiger charge is 2.14. The van der Waals surface area contributed by atoms with E-state index >= 15 is 0 Å². The number of thioether (sulfide) groups is 1. The molecule has 0 saturated heterocycles. The van der Waals surface area contributed by atoms with Crippen molar-refractivity contribution in [2.45, 2.75) is 5.16 Å². The van der Waals surface area contributed by atoms with E-state index in [1.807, 2.05) is 22.6 Å². The topological polar surface area (TPSA) is 85.2 Å². The minimum absolute atomic E-state index is 0.0915. The molecule has 0 fully saturated rings. The quantitative estimate of drug-likeness (QED) is 0.393. The van der Waals surface area contributed by atoms with Gasteiger partial charge in [0.25, 0.3) is 5.56 Å². The van der Waals surface area contributed by atoms with Crippen molar-refractivity contribution in [2.75, 3.05) is 12.4 Å². The Hall–Kier alpha value is -3.31. The van der Waals surface area contributed by atoms with E-state index in [-0.39, 0.29) is 5.56 Å². The van der Waals surface area contributed by atoms with Crippen LogP contribution in [-0.2, 0) is 7.05 Å². The number of aromatic nitrogens is 4. The largest absolute Gasteiger partial charge is 0.493 e. The molecule has 27 heavy (non-hydrogen) atoms. The molecule has 2 heterocycles. The number of fused-ring (bicyclic) bond motifs is 3. The SMILES string of the molecule is Cn1c(=O)c2ccccc2n2c(SCCOc3ccc(C#N)cc3)nnc12. The predicted molar refractivity (Wildman–Crippen MR) is 103 cm³/mol. The molecule has 0 bridgehead atoms. The second-order valence-electron chi connectivity index (χ2n) is 5.83. The molecule has 134 valence electrons. The maximum Gasteiger partial charge on any atom is 0.262 e. The van der Waals surface area contributed by atoms with Crippen LogP contribution in [0.25, 0.3) is 16.7 Å². The van der Waals surface area contributed by atoms with Crippen LogP contribution in [0, 0.1) is 11.3 Å². The van der Waals surface area contributed by atoms with Crippen molar-refractivity contribution in [3.63, 3.8) is 0 Å². The van der Waals surface area contributed by atoms with Crippen molar-refractivity contribution in [1.29, 1.82) is 5.26 Å².